The third-order valence-corrected chi connectivity index (χ3v) is 8.25. The zero-order valence-corrected chi connectivity index (χ0v) is 19.0. The number of carbonyl (C=O) groups excluding carboxylic acids is 1. The number of allylic oxidation sites excluding steroid dienone is 2. The number of halogens is 1. The number of rotatable bonds is 4. The van der Waals surface area contributed by atoms with Crippen molar-refractivity contribution in [3.8, 4) is 0 Å². The van der Waals surface area contributed by atoms with E-state index in [9.17, 15) is 17.6 Å². The van der Waals surface area contributed by atoms with Crippen LogP contribution in [-0.2, 0) is 14.8 Å². The number of sulfonamides is 1. The first-order valence-corrected chi connectivity index (χ1v) is 12.6. The van der Waals surface area contributed by atoms with Crippen LogP contribution in [0.4, 0.5) is 21.5 Å². The monoisotopic (exact) mass is 478 g/mol. The summed E-state index contributed by atoms with van der Waals surface area (Å²) in [6.07, 6.45) is 4.12. The molecule has 1 amide bonds. The van der Waals surface area contributed by atoms with Crippen molar-refractivity contribution in [3.05, 3.63) is 96.3 Å². The topological polar surface area (TPSA) is 66.5 Å². The quantitative estimate of drug-likeness (QED) is 0.486. The second-order valence-corrected chi connectivity index (χ2v) is 10.4. The second kappa shape index (κ2) is 8.53. The minimum Gasteiger partial charge on any atom is -0.322 e. The average Bonchev–Trinajstić information content (AvgIpc) is 2.83. The number of anilines is 3. The third-order valence-electron chi connectivity index (χ3n) is 5.38. The van der Waals surface area contributed by atoms with Crippen LogP contribution in [0.3, 0.4) is 0 Å². The molecule has 3 aromatic rings. The van der Waals surface area contributed by atoms with Crippen LogP contribution in [0, 0.1) is 0 Å². The molecular formula is C25H19FN2O3S2. The van der Waals surface area contributed by atoms with Crippen LogP contribution in [0.2, 0.25) is 0 Å². The van der Waals surface area contributed by atoms with Gasteiger partial charge in [0.25, 0.3) is 15.9 Å². The number of hydrogen-bond acceptors (Lipinski definition) is 4. The Hall–Kier alpha value is -3.36. The van der Waals surface area contributed by atoms with E-state index in [0.29, 0.717) is 29.9 Å². The lowest BCUT2D eigenvalue weighted by atomic mass is 10.1. The SMILES string of the molecule is O=C(Nc1ccc(S(=O)(=O)N2c3ccccc3Sc3ccccc32)cc1)C1=CCCC=C1F. The first kappa shape index (κ1) is 21.5. The number of carbonyl (C=O) groups is 1. The Morgan fingerprint density at radius 2 is 1.42 bits per heavy atom. The van der Waals surface area contributed by atoms with E-state index in [4.69, 9.17) is 0 Å². The van der Waals surface area contributed by atoms with Gasteiger partial charge in [-0.15, -0.1) is 0 Å². The van der Waals surface area contributed by atoms with Crippen molar-refractivity contribution >= 4 is 44.8 Å². The maximum Gasteiger partial charge on any atom is 0.268 e. The van der Waals surface area contributed by atoms with Crippen molar-refractivity contribution in [2.24, 2.45) is 0 Å². The van der Waals surface area contributed by atoms with E-state index in [-0.39, 0.29) is 10.5 Å². The number of amides is 1. The fraction of sp³-hybridized carbons (Fsp3) is 0.0800. The molecule has 0 unspecified atom stereocenters. The molecule has 166 valence electrons. The number of nitrogens with zero attached hydrogens (tertiary/aromatic N) is 1. The predicted octanol–water partition coefficient (Wildman–Crippen LogP) is 6.19. The highest BCUT2D eigenvalue weighted by atomic mass is 32.2. The van der Waals surface area contributed by atoms with E-state index in [0.717, 1.165) is 9.79 Å². The summed E-state index contributed by atoms with van der Waals surface area (Å²) < 4.78 is 42.7. The summed E-state index contributed by atoms with van der Waals surface area (Å²) in [5.41, 5.74) is 1.56. The molecule has 8 heteroatoms. The molecule has 0 atom stereocenters. The number of nitrogens with one attached hydrogen (secondary N) is 1. The Kier molecular flexibility index (Phi) is 5.55. The molecule has 0 fully saturated rings. The Bertz CT molecular complexity index is 1370. The van der Waals surface area contributed by atoms with Gasteiger partial charge in [-0.3, -0.25) is 4.79 Å². The molecule has 1 N–H and O–H groups in total. The van der Waals surface area contributed by atoms with Crippen molar-refractivity contribution in [1.29, 1.82) is 0 Å². The summed E-state index contributed by atoms with van der Waals surface area (Å²) in [7, 11) is -3.94. The van der Waals surface area contributed by atoms with Gasteiger partial charge in [0, 0.05) is 15.5 Å². The fourth-order valence-corrected chi connectivity index (χ4v) is 6.49. The van der Waals surface area contributed by atoms with Gasteiger partial charge in [-0.1, -0.05) is 42.1 Å². The van der Waals surface area contributed by atoms with Gasteiger partial charge in [-0.25, -0.2) is 17.1 Å². The van der Waals surface area contributed by atoms with E-state index in [1.54, 1.807) is 18.2 Å². The maximum atomic E-state index is 13.9. The normalized spacial score (nSPS) is 15.1. The summed E-state index contributed by atoms with van der Waals surface area (Å²) in [5, 5.41) is 2.63. The van der Waals surface area contributed by atoms with E-state index in [1.807, 2.05) is 36.4 Å². The second-order valence-electron chi connectivity index (χ2n) is 7.53. The van der Waals surface area contributed by atoms with Crippen molar-refractivity contribution in [1.82, 2.24) is 0 Å². The minimum atomic E-state index is -3.94. The van der Waals surface area contributed by atoms with E-state index >= 15 is 0 Å². The molecule has 33 heavy (non-hydrogen) atoms. The van der Waals surface area contributed by atoms with Crippen molar-refractivity contribution in [3.63, 3.8) is 0 Å². The molecule has 0 saturated heterocycles. The highest BCUT2D eigenvalue weighted by molar-refractivity contribution is 8.00. The lowest BCUT2D eigenvalue weighted by Gasteiger charge is -2.31. The third kappa shape index (κ3) is 3.96. The molecule has 3 aromatic carbocycles. The Morgan fingerprint density at radius 3 is 2.03 bits per heavy atom. The van der Waals surface area contributed by atoms with Crippen molar-refractivity contribution in [2.45, 2.75) is 27.5 Å². The van der Waals surface area contributed by atoms with Crippen molar-refractivity contribution < 1.29 is 17.6 Å². The first-order chi connectivity index (χ1) is 15.9. The molecule has 0 bridgehead atoms. The first-order valence-electron chi connectivity index (χ1n) is 10.3. The highest BCUT2D eigenvalue weighted by Gasteiger charge is 2.33. The predicted molar refractivity (Wildman–Crippen MR) is 128 cm³/mol. The van der Waals surface area contributed by atoms with E-state index < -0.39 is 21.8 Å². The van der Waals surface area contributed by atoms with Crippen LogP contribution in [0.25, 0.3) is 0 Å². The number of benzene rings is 3. The molecular weight excluding hydrogens is 459 g/mol. The zero-order valence-electron chi connectivity index (χ0n) is 17.4. The molecule has 0 aromatic heterocycles. The number of para-hydroxylation sites is 2. The number of hydrogen-bond donors (Lipinski definition) is 1. The summed E-state index contributed by atoms with van der Waals surface area (Å²) in [6.45, 7) is 0. The van der Waals surface area contributed by atoms with Crippen LogP contribution >= 0.6 is 11.8 Å². The zero-order chi connectivity index (χ0) is 23.0. The summed E-state index contributed by atoms with van der Waals surface area (Å²) >= 11 is 1.53. The molecule has 1 heterocycles. The molecule has 0 radical (unpaired) electrons. The molecule has 2 aliphatic rings. The van der Waals surface area contributed by atoms with Gasteiger partial charge in [0.2, 0.25) is 0 Å². The van der Waals surface area contributed by atoms with Gasteiger partial charge in [0.05, 0.1) is 21.8 Å². The van der Waals surface area contributed by atoms with Crippen LogP contribution < -0.4 is 9.62 Å². The van der Waals surface area contributed by atoms with Gasteiger partial charge in [0.15, 0.2) is 0 Å². The standard InChI is InChI=1S/C25H19FN2O3S2/c26-20-8-2-1-7-19(20)25(29)27-17-13-15-18(16-14-17)33(30,31)28-21-9-3-5-11-23(21)32-24-12-6-4-10-22(24)28/h3-16H,1-2H2,(H,27,29). The highest BCUT2D eigenvalue weighted by Crippen LogP contribution is 2.50. The average molecular weight is 479 g/mol. The van der Waals surface area contributed by atoms with E-state index in [2.05, 4.69) is 5.32 Å². The molecule has 5 nitrogen and oxygen atoms in total. The van der Waals surface area contributed by atoms with Gasteiger partial charge in [0.1, 0.15) is 5.83 Å². The summed E-state index contributed by atoms with van der Waals surface area (Å²) in [5.74, 6) is -1.10. The molecule has 0 spiro atoms. The Morgan fingerprint density at radius 1 is 0.848 bits per heavy atom. The minimum absolute atomic E-state index is 0.00280. The smallest absolute Gasteiger partial charge is 0.268 e. The van der Waals surface area contributed by atoms with Gasteiger partial charge < -0.3 is 5.32 Å². The lowest BCUT2D eigenvalue weighted by molar-refractivity contribution is -0.112. The van der Waals surface area contributed by atoms with Crippen LogP contribution in [0.5, 0.6) is 0 Å². The maximum absolute atomic E-state index is 13.9. The van der Waals surface area contributed by atoms with Gasteiger partial charge in [-0.2, -0.15) is 0 Å². The molecule has 1 aliphatic carbocycles. The largest absolute Gasteiger partial charge is 0.322 e. The lowest BCUT2D eigenvalue weighted by Crippen LogP contribution is -2.28. The van der Waals surface area contributed by atoms with Gasteiger partial charge in [-0.05, 0) is 67.4 Å². The Balaban J connectivity index is 1.46. The molecule has 5 rings (SSSR count). The van der Waals surface area contributed by atoms with Gasteiger partial charge >= 0.3 is 0 Å². The van der Waals surface area contributed by atoms with E-state index in [1.165, 1.54) is 46.4 Å². The summed E-state index contributed by atoms with van der Waals surface area (Å²) in [4.78, 5) is 14.2. The van der Waals surface area contributed by atoms with Crippen molar-refractivity contribution in [2.75, 3.05) is 9.62 Å². The molecule has 0 saturated carbocycles. The molecule has 1 aliphatic heterocycles. The fourth-order valence-electron chi connectivity index (χ4n) is 3.79. The van der Waals surface area contributed by atoms with Crippen LogP contribution in [-0.4, -0.2) is 14.3 Å². The number of fused-ring (bicyclic) bond motifs is 2. The Labute approximate surface area is 195 Å². The van der Waals surface area contributed by atoms with Crippen LogP contribution in [0.1, 0.15) is 12.8 Å². The van der Waals surface area contributed by atoms with Crippen LogP contribution in [0.15, 0.2) is 111 Å². The summed E-state index contributed by atoms with van der Waals surface area (Å²) in [6, 6.07) is 20.6.